The second-order valence-electron chi connectivity index (χ2n) is 7.13. The first-order chi connectivity index (χ1) is 12.5. The minimum atomic E-state index is -0.702. The maximum Gasteiger partial charge on any atom is 0.303 e. The van der Waals surface area contributed by atoms with Gasteiger partial charge in [-0.1, -0.05) is 50.1 Å². The molecule has 140 valence electrons. The highest BCUT2D eigenvalue weighted by molar-refractivity contribution is 5.66. The van der Waals surface area contributed by atoms with Gasteiger partial charge in [-0.2, -0.15) is 0 Å². The van der Waals surface area contributed by atoms with Crippen molar-refractivity contribution >= 4 is 5.97 Å². The van der Waals surface area contributed by atoms with Gasteiger partial charge in [0.15, 0.2) is 0 Å². The van der Waals surface area contributed by atoms with Crippen molar-refractivity contribution in [3.05, 3.63) is 64.7 Å². The van der Waals surface area contributed by atoms with Crippen molar-refractivity contribution in [2.75, 3.05) is 0 Å². The van der Waals surface area contributed by atoms with Gasteiger partial charge in [0.1, 0.15) is 12.4 Å². The number of aliphatic carboxylic acids is 1. The van der Waals surface area contributed by atoms with Crippen LogP contribution in [0.1, 0.15) is 67.2 Å². The third kappa shape index (κ3) is 6.21. The monoisotopic (exact) mass is 354 g/mol. The smallest absolute Gasteiger partial charge is 0.303 e. The van der Waals surface area contributed by atoms with Gasteiger partial charge < -0.3 is 9.84 Å². The molecule has 0 aliphatic heterocycles. The number of aryl methyl sites for hydroxylation is 2. The zero-order valence-electron chi connectivity index (χ0n) is 16.1. The molecule has 0 bridgehead atoms. The summed E-state index contributed by atoms with van der Waals surface area (Å²) in [5.41, 5.74) is 5.05. The highest BCUT2D eigenvalue weighted by atomic mass is 16.5. The molecule has 0 saturated carbocycles. The standard InChI is InChI=1S/C23H30O3/c1-17(9-5-4-6-14-23(24)25)20-12-8-13-21(15-20)26-16-22-18(2)10-7-11-19(22)3/h7-8,10-13,15,17H,4-6,9,14,16H2,1-3H3,(H,24,25). The minimum Gasteiger partial charge on any atom is -0.489 e. The lowest BCUT2D eigenvalue weighted by molar-refractivity contribution is -0.137. The number of ether oxygens (including phenoxy) is 1. The topological polar surface area (TPSA) is 46.5 Å². The summed E-state index contributed by atoms with van der Waals surface area (Å²) in [5.74, 6) is 0.651. The molecule has 3 nitrogen and oxygen atoms in total. The van der Waals surface area contributed by atoms with E-state index in [0.29, 0.717) is 12.5 Å². The van der Waals surface area contributed by atoms with Crippen molar-refractivity contribution < 1.29 is 14.6 Å². The van der Waals surface area contributed by atoms with Crippen LogP contribution in [-0.4, -0.2) is 11.1 Å². The molecule has 0 heterocycles. The van der Waals surface area contributed by atoms with Gasteiger partial charge in [-0.05, 0) is 67.0 Å². The van der Waals surface area contributed by atoms with E-state index in [1.807, 2.05) is 6.07 Å². The van der Waals surface area contributed by atoms with Crippen molar-refractivity contribution in [1.82, 2.24) is 0 Å². The van der Waals surface area contributed by atoms with E-state index in [4.69, 9.17) is 9.84 Å². The lowest BCUT2D eigenvalue weighted by atomic mass is 9.94. The molecule has 3 heteroatoms. The number of unbranched alkanes of at least 4 members (excludes halogenated alkanes) is 2. The summed E-state index contributed by atoms with van der Waals surface area (Å²) < 4.78 is 6.05. The van der Waals surface area contributed by atoms with Crippen LogP contribution in [-0.2, 0) is 11.4 Å². The molecule has 0 amide bonds. The number of benzene rings is 2. The van der Waals surface area contributed by atoms with E-state index in [-0.39, 0.29) is 6.42 Å². The Morgan fingerprint density at radius 3 is 2.42 bits per heavy atom. The maximum atomic E-state index is 10.5. The highest BCUT2D eigenvalue weighted by Crippen LogP contribution is 2.26. The summed E-state index contributed by atoms with van der Waals surface area (Å²) in [6.45, 7) is 7.05. The molecule has 26 heavy (non-hydrogen) atoms. The van der Waals surface area contributed by atoms with Gasteiger partial charge in [0.25, 0.3) is 0 Å². The Morgan fingerprint density at radius 1 is 1.04 bits per heavy atom. The van der Waals surface area contributed by atoms with Crippen LogP contribution in [0.25, 0.3) is 0 Å². The zero-order chi connectivity index (χ0) is 18.9. The van der Waals surface area contributed by atoms with Gasteiger partial charge in [0, 0.05) is 6.42 Å². The average Bonchev–Trinajstić information content (AvgIpc) is 2.61. The lowest BCUT2D eigenvalue weighted by Gasteiger charge is -2.15. The van der Waals surface area contributed by atoms with E-state index in [0.717, 1.165) is 31.4 Å². The summed E-state index contributed by atoms with van der Waals surface area (Å²) in [6, 6.07) is 14.7. The first-order valence-corrected chi connectivity index (χ1v) is 9.47. The molecule has 0 radical (unpaired) electrons. The average molecular weight is 354 g/mol. The van der Waals surface area contributed by atoms with E-state index in [9.17, 15) is 4.79 Å². The molecule has 0 aliphatic rings. The van der Waals surface area contributed by atoms with Crippen molar-refractivity contribution in [2.24, 2.45) is 0 Å². The second kappa shape index (κ2) is 10.0. The van der Waals surface area contributed by atoms with E-state index >= 15 is 0 Å². The molecule has 0 aromatic heterocycles. The molecular weight excluding hydrogens is 324 g/mol. The van der Waals surface area contributed by atoms with Crippen molar-refractivity contribution in [3.63, 3.8) is 0 Å². The number of carboxylic acids is 1. The Labute approximate surface area is 157 Å². The van der Waals surface area contributed by atoms with Gasteiger partial charge in [-0.15, -0.1) is 0 Å². The van der Waals surface area contributed by atoms with E-state index in [1.54, 1.807) is 0 Å². The normalized spacial score (nSPS) is 12.0. The van der Waals surface area contributed by atoms with Gasteiger partial charge in [0.2, 0.25) is 0 Å². The Morgan fingerprint density at radius 2 is 1.73 bits per heavy atom. The number of carbonyl (C=O) groups is 1. The summed E-state index contributed by atoms with van der Waals surface area (Å²) >= 11 is 0. The third-order valence-electron chi connectivity index (χ3n) is 4.98. The van der Waals surface area contributed by atoms with Crippen molar-refractivity contribution in [3.8, 4) is 5.75 Å². The minimum absolute atomic E-state index is 0.274. The van der Waals surface area contributed by atoms with Crippen molar-refractivity contribution in [2.45, 2.75) is 65.4 Å². The fourth-order valence-electron chi connectivity index (χ4n) is 3.21. The quantitative estimate of drug-likeness (QED) is 0.531. The Hall–Kier alpha value is -2.29. The fourth-order valence-corrected chi connectivity index (χ4v) is 3.21. The number of hydrogen-bond donors (Lipinski definition) is 1. The zero-order valence-corrected chi connectivity index (χ0v) is 16.1. The largest absolute Gasteiger partial charge is 0.489 e. The van der Waals surface area contributed by atoms with E-state index < -0.39 is 5.97 Å². The first-order valence-electron chi connectivity index (χ1n) is 9.47. The molecule has 0 aliphatic carbocycles. The Balaban J connectivity index is 1.87. The van der Waals surface area contributed by atoms with Crippen LogP contribution in [0.4, 0.5) is 0 Å². The van der Waals surface area contributed by atoms with Gasteiger partial charge in [-0.3, -0.25) is 4.79 Å². The Kier molecular flexibility index (Phi) is 7.71. The van der Waals surface area contributed by atoms with Crippen LogP contribution in [0.2, 0.25) is 0 Å². The fraction of sp³-hybridized carbons (Fsp3) is 0.435. The molecular formula is C23H30O3. The van der Waals surface area contributed by atoms with Gasteiger partial charge >= 0.3 is 5.97 Å². The van der Waals surface area contributed by atoms with Crippen LogP contribution >= 0.6 is 0 Å². The molecule has 1 unspecified atom stereocenters. The summed E-state index contributed by atoms with van der Waals surface area (Å²) in [7, 11) is 0. The van der Waals surface area contributed by atoms with E-state index in [1.165, 1.54) is 22.3 Å². The molecule has 0 spiro atoms. The van der Waals surface area contributed by atoms with Crippen LogP contribution < -0.4 is 4.74 Å². The molecule has 0 fully saturated rings. The molecule has 2 aromatic carbocycles. The summed E-state index contributed by atoms with van der Waals surface area (Å²) in [6.07, 6.45) is 4.14. The van der Waals surface area contributed by atoms with E-state index in [2.05, 4.69) is 57.2 Å². The van der Waals surface area contributed by atoms with Gasteiger partial charge in [-0.25, -0.2) is 0 Å². The van der Waals surface area contributed by atoms with Crippen LogP contribution in [0.5, 0.6) is 5.75 Å². The van der Waals surface area contributed by atoms with Crippen molar-refractivity contribution in [1.29, 1.82) is 0 Å². The molecule has 2 aromatic rings. The first kappa shape index (κ1) is 20.0. The summed E-state index contributed by atoms with van der Waals surface area (Å²) in [4.78, 5) is 10.5. The molecule has 1 N–H and O–H groups in total. The Bertz CT molecular complexity index is 701. The highest BCUT2D eigenvalue weighted by Gasteiger charge is 2.08. The number of rotatable bonds is 10. The van der Waals surface area contributed by atoms with Crippen LogP contribution in [0, 0.1) is 13.8 Å². The predicted molar refractivity (Wildman–Crippen MR) is 106 cm³/mol. The second-order valence-corrected chi connectivity index (χ2v) is 7.13. The third-order valence-corrected chi connectivity index (χ3v) is 4.98. The summed E-state index contributed by atoms with van der Waals surface area (Å²) in [5, 5.41) is 8.68. The molecule has 2 rings (SSSR count). The number of carboxylic acid groups (broad SMARTS) is 1. The number of hydrogen-bond acceptors (Lipinski definition) is 2. The van der Waals surface area contributed by atoms with Crippen LogP contribution in [0.3, 0.4) is 0 Å². The SMILES string of the molecule is Cc1cccc(C)c1COc1cccc(C(C)CCCCCC(=O)O)c1. The van der Waals surface area contributed by atoms with Crippen LogP contribution in [0.15, 0.2) is 42.5 Å². The molecule has 0 saturated heterocycles. The lowest BCUT2D eigenvalue weighted by Crippen LogP contribution is -2.01. The van der Waals surface area contributed by atoms with Gasteiger partial charge in [0.05, 0.1) is 0 Å². The predicted octanol–water partition coefficient (Wildman–Crippen LogP) is 6.02. The molecule has 1 atom stereocenters. The maximum absolute atomic E-state index is 10.5.